The van der Waals surface area contributed by atoms with Crippen molar-refractivity contribution < 1.29 is 0 Å². The fraction of sp³-hybridized carbons (Fsp3) is 0. The molecular formula is C66H47N3. The van der Waals surface area contributed by atoms with Gasteiger partial charge in [-0.15, -0.1) is 0 Å². The zero-order valence-electron chi connectivity index (χ0n) is 38.0. The van der Waals surface area contributed by atoms with Gasteiger partial charge in [0.05, 0.1) is 16.7 Å². The summed E-state index contributed by atoms with van der Waals surface area (Å²) in [6.07, 6.45) is 0. The number of hydrogen-bond acceptors (Lipinski definition) is 2. The Morgan fingerprint density at radius 2 is 0.580 bits per heavy atom. The van der Waals surface area contributed by atoms with Gasteiger partial charge in [0.25, 0.3) is 0 Å². The molecule has 12 rings (SSSR count). The topological polar surface area (TPSA) is 11.4 Å². The summed E-state index contributed by atoms with van der Waals surface area (Å²) in [6, 6.07) is 103. The maximum atomic E-state index is 2.40. The van der Waals surface area contributed by atoms with Crippen molar-refractivity contribution in [3.8, 4) is 50.2 Å². The summed E-state index contributed by atoms with van der Waals surface area (Å²) in [5, 5.41) is 2.43. The maximum Gasteiger partial charge on any atom is 0.0562 e. The maximum absolute atomic E-state index is 2.40. The second kappa shape index (κ2) is 18.2. The Labute approximate surface area is 403 Å². The lowest BCUT2D eigenvalue weighted by atomic mass is 9.93. The van der Waals surface area contributed by atoms with Crippen LogP contribution in [-0.2, 0) is 0 Å². The van der Waals surface area contributed by atoms with E-state index in [1.165, 1.54) is 44.1 Å². The first-order valence-electron chi connectivity index (χ1n) is 23.6. The number of fused-ring (bicyclic) bond motifs is 3. The fourth-order valence-electron chi connectivity index (χ4n) is 9.87. The molecular weight excluding hydrogens is 835 g/mol. The van der Waals surface area contributed by atoms with E-state index in [1.54, 1.807) is 0 Å². The lowest BCUT2D eigenvalue weighted by Crippen LogP contribution is -2.10. The van der Waals surface area contributed by atoms with Gasteiger partial charge in [-0.05, 0) is 154 Å². The van der Waals surface area contributed by atoms with E-state index in [4.69, 9.17) is 0 Å². The Bertz CT molecular complexity index is 3660. The van der Waals surface area contributed by atoms with Gasteiger partial charge in [0.15, 0.2) is 0 Å². The van der Waals surface area contributed by atoms with E-state index in [0.717, 1.165) is 62.1 Å². The Hall–Kier alpha value is -9.18. The summed E-state index contributed by atoms with van der Waals surface area (Å²) in [5.41, 5.74) is 19.5. The molecule has 0 aliphatic heterocycles. The zero-order chi connectivity index (χ0) is 45.9. The minimum Gasteiger partial charge on any atom is -0.311 e. The SMILES string of the molecule is c1ccc(-c2ccc(N(c3ccccc3)c3ccc(-c4cc(-c5ccccc5)cc(-c5ccc(N(c6ccccc6)c6cccc7c6c6ccccc6n7-c6ccccc6)cc5)c4)cc3)cc2)cc1. The molecule has 326 valence electrons. The van der Waals surface area contributed by atoms with Crippen molar-refractivity contribution >= 4 is 55.9 Å². The first-order chi connectivity index (χ1) is 34.2. The number of benzene rings is 11. The molecule has 0 saturated heterocycles. The molecule has 0 aliphatic rings. The highest BCUT2D eigenvalue weighted by Gasteiger charge is 2.21. The van der Waals surface area contributed by atoms with E-state index in [2.05, 4.69) is 299 Å². The third-order valence-electron chi connectivity index (χ3n) is 13.2. The Morgan fingerprint density at radius 1 is 0.232 bits per heavy atom. The molecule has 0 saturated carbocycles. The van der Waals surface area contributed by atoms with Gasteiger partial charge in [0, 0.05) is 44.9 Å². The second-order valence-electron chi connectivity index (χ2n) is 17.4. The molecule has 3 nitrogen and oxygen atoms in total. The van der Waals surface area contributed by atoms with Crippen LogP contribution in [0.25, 0.3) is 72.0 Å². The fourth-order valence-corrected chi connectivity index (χ4v) is 9.87. The monoisotopic (exact) mass is 881 g/mol. The normalized spacial score (nSPS) is 11.2. The minimum absolute atomic E-state index is 1.08. The van der Waals surface area contributed by atoms with Crippen LogP contribution in [0.15, 0.2) is 285 Å². The van der Waals surface area contributed by atoms with Gasteiger partial charge in [-0.3, -0.25) is 0 Å². The van der Waals surface area contributed by atoms with Gasteiger partial charge in [-0.2, -0.15) is 0 Å². The highest BCUT2D eigenvalue weighted by atomic mass is 15.2. The van der Waals surface area contributed by atoms with Crippen molar-refractivity contribution in [3.05, 3.63) is 285 Å². The number of hydrogen-bond donors (Lipinski definition) is 0. The van der Waals surface area contributed by atoms with Crippen molar-refractivity contribution in [1.82, 2.24) is 4.57 Å². The Morgan fingerprint density at radius 3 is 1.09 bits per heavy atom. The van der Waals surface area contributed by atoms with Gasteiger partial charge in [0.1, 0.15) is 0 Å². The van der Waals surface area contributed by atoms with Crippen LogP contribution in [0.4, 0.5) is 34.1 Å². The number of para-hydroxylation sites is 4. The molecule has 3 heteroatoms. The van der Waals surface area contributed by atoms with Crippen LogP contribution in [0.3, 0.4) is 0 Å². The van der Waals surface area contributed by atoms with Crippen LogP contribution < -0.4 is 9.80 Å². The molecule has 0 atom stereocenters. The van der Waals surface area contributed by atoms with Gasteiger partial charge in [0.2, 0.25) is 0 Å². The molecule has 0 unspecified atom stereocenters. The van der Waals surface area contributed by atoms with Crippen molar-refractivity contribution in [2.45, 2.75) is 0 Å². The summed E-state index contributed by atoms with van der Waals surface area (Å²) in [7, 11) is 0. The summed E-state index contributed by atoms with van der Waals surface area (Å²) >= 11 is 0. The van der Waals surface area contributed by atoms with Crippen LogP contribution in [0, 0.1) is 0 Å². The number of anilines is 6. The minimum atomic E-state index is 1.08. The Kier molecular flexibility index (Phi) is 10.9. The second-order valence-corrected chi connectivity index (χ2v) is 17.4. The summed E-state index contributed by atoms with van der Waals surface area (Å²) in [5.74, 6) is 0. The van der Waals surface area contributed by atoms with E-state index < -0.39 is 0 Å². The lowest BCUT2D eigenvalue weighted by molar-refractivity contribution is 1.18. The van der Waals surface area contributed by atoms with E-state index in [0.29, 0.717) is 0 Å². The molecule has 1 aromatic heterocycles. The van der Waals surface area contributed by atoms with Gasteiger partial charge < -0.3 is 14.4 Å². The van der Waals surface area contributed by atoms with Gasteiger partial charge in [-0.1, -0.05) is 176 Å². The van der Waals surface area contributed by atoms with Crippen LogP contribution in [0.2, 0.25) is 0 Å². The molecule has 0 fully saturated rings. The molecule has 1 heterocycles. The van der Waals surface area contributed by atoms with Crippen LogP contribution in [0.5, 0.6) is 0 Å². The summed E-state index contributed by atoms with van der Waals surface area (Å²) < 4.78 is 2.38. The molecule has 0 spiro atoms. The van der Waals surface area contributed by atoms with E-state index in [9.17, 15) is 0 Å². The highest BCUT2D eigenvalue weighted by molar-refractivity contribution is 6.16. The standard InChI is InChI=1S/C66H47N3/c1-6-19-48(20-7-1)50-33-39-59(40-34-50)67(56-23-10-3-11-24-56)60-41-35-51(36-42-60)54-45-53(49-21-8-2-9-22-49)46-55(47-54)52-37-43-61(44-38-52)68(57-25-12-4-13-26-57)64-31-18-32-65-66(64)62-29-16-17-30-63(62)69(65)58-27-14-5-15-28-58/h1-47H. The van der Waals surface area contributed by atoms with Crippen molar-refractivity contribution in [1.29, 1.82) is 0 Å². The van der Waals surface area contributed by atoms with Gasteiger partial charge in [-0.25, -0.2) is 0 Å². The molecule has 0 aliphatic carbocycles. The largest absolute Gasteiger partial charge is 0.311 e. The summed E-state index contributed by atoms with van der Waals surface area (Å²) in [4.78, 5) is 4.73. The van der Waals surface area contributed by atoms with Crippen molar-refractivity contribution in [2.75, 3.05) is 9.80 Å². The van der Waals surface area contributed by atoms with Crippen molar-refractivity contribution in [3.63, 3.8) is 0 Å². The quantitative estimate of drug-likeness (QED) is 0.128. The number of aromatic nitrogens is 1. The van der Waals surface area contributed by atoms with Crippen LogP contribution >= 0.6 is 0 Å². The first-order valence-corrected chi connectivity index (χ1v) is 23.6. The van der Waals surface area contributed by atoms with E-state index >= 15 is 0 Å². The average Bonchev–Trinajstić information content (AvgIpc) is 3.78. The van der Waals surface area contributed by atoms with E-state index in [-0.39, 0.29) is 0 Å². The molecule has 0 bridgehead atoms. The Balaban J connectivity index is 0.929. The molecule has 69 heavy (non-hydrogen) atoms. The number of nitrogens with zero attached hydrogens (tertiary/aromatic N) is 3. The highest BCUT2D eigenvalue weighted by Crippen LogP contribution is 2.45. The van der Waals surface area contributed by atoms with E-state index in [1.807, 2.05) is 0 Å². The lowest BCUT2D eigenvalue weighted by Gasteiger charge is -2.27. The molecule has 0 amide bonds. The number of rotatable bonds is 11. The molecule has 11 aromatic carbocycles. The third-order valence-corrected chi connectivity index (χ3v) is 13.2. The first kappa shape index (κ1) is 41.3. The van der Waals surface area contributed by atoms with Crippen molar-refractivity contribution in [2.24, 2.45) is 0 Å². The smallest absolute Gasteiger partial charge is 0.0562 e. The molecule has 0 N–H and O–H groups in total. The third kappa shape index (κ3) is 8.03. The van der Waals surface area contributed by atoms with Crippen LogP contribution in [0.1, 0.15) is 0 Å². The van der Waals surface area contributed by atoms with Gasteiger partial charge >= 0.3 is 0 Å². The molecule has 0 radical (unpaired) electrons. The van der Waals surface area contributed by atoms with Crippen LogP contribution in [-0.4, -0.2) is 4.57 Å². The average molecular weight is 882 g/mol. The predicted molar refractivity (Wildman–Crippen MR) is 292 cm³/mol. The molecule has 12 aromatic rings. The summed E-state index contributed by atoms with van der Waals surface area (Å²) in [6.45, 7) is 0. The zero-order valence-corrected chi connectivity index (χ0v) is 38.0. The predicted octanol–water partition coefficient (Wildman–Crippen LogP) is 18.4.